The van der Waals surface area contributed by atoms with Gasteiger partial charge in [0.05, 0.1) is 28.5 Å². The van der Waals surface area contributed by atoms with Gasteiger partial charge >= 0.3 is 6.18 Å². The molecule has 2 N–H and O–H groups in total. The smallest absolute Gasteiger partial charge is 0.418 e. The Kier molecular flexibility index (Phi) is 4.85. The highest BCUT2D eigenvalue weighted by molar-refractivity contribution is 5.82. The fraction of sp³-hybridized carbons (Fsp3) is 0.600. The van der Waals surface area contributed by atoms with Crippen LogP contribution in [-0.2, 0) is 11.0 Å². The van der Waals surface area contributed by atoms with Crippen LogP contribution >= 0.6 is 0 Å². The van der Waals surface area contributed by atoms with E-state index in [0.717, 1.165) is 6.07 Å². The number of carbonyl (C=O) groups is 1. The number of imidazole rings is 1. The molecule has 2 aromatic rings. The predicted molar refractivity (Wildman–Crippen MR) is 99.8 cm³/mol. The number of carbonyl (C=O) groups excluding carboxylic acids is 1. The average molecular weight is 411 g/mol. The summed E-state index contributed by atoms with van der Waals surface area (Å²) in [6.07, 6.45) is -1.66. The number of piperidine rings is 1. The number of alkyl halides is 3. The number of aliphatic hydroxyl groups is 1. The van der Waals surface area contributed by atoms with E-state index in [1.165, 1.54) is 17.0 Å². The van der Waals surface area contributed by atoms with Crippen LogP contribution in [0.1, 0.15) is 51.1 Å². The van der Waals surface area contributed by atoms with Crippen LogP contribution in [0.2, 0.25) is 0 Å². The Labute approximate surface area is 166 Å². The number of nitrogens with zero attached hydrogens (tertiary/aromatic N) is 2. The Bertz CT molecular complexity index is 930. The molecule has 9 heteroatoms. The maximum atomic E-state index is 13.8. The van der Waals surface area contributed by atoms with E-state index in [0.29, 0.717) is 25.7 Å². The number of ether oxygens (including phenoxy) is 1. The van der Waals surface area contributed by atoms with Gasteiger partial charge in [-0.3, -0.25) is 4.79 Å². The lowest BCUT2D eigenvalue weighted by Crippen LogP contribution is -2.47. The van der Waals surface area contributed by atoms with Crippen molar-refractivity contribution in [2.45, 2.75) is 69.4 Å². The van der Waals surface area contributed by atoms with Gasteiger partial charge < -0.3 is 19.7 Å². The summed E-state index contributed by atoms with van der Waals surface area (Å²) in [7, 11) is 0. The van der Waals surface area contributed by atoms with Gasteiger partial charge in [-0.05, 0) is 32.8 Å². The number of fused-ring (bicyclic) bond motifs is 1. The SMILES string of the molecule is C[C@H]1CC(=O)C[C@@H](COc2cc(C(F)(F)F)c3c(c2)ncn3C2CC(C)(O)C2)N1. The number of ketones is 1. The third kappa shape index (κ3) is 4.11. The van der Waals surface area contributed by atoms with Gasteiger partial charge in [0.15, 0.2) is 0 Å². The molecule has 1 saturated carbocycles. The summed E-state index contributed by atoms with van der Waals surface area (Å²) in [5.41, 5.74) is -1.47. The van der Waals surface area contributed by atoms with Crippen LogP contribution in [0.3, 0.4) is 0 Å². The minimum Gasteiger partial charge on any atom is -0.492 e. The Hall–Kier alpha value is -2.13. The lowest BCUT2D eigenvalue weighted by Gasteiger charge is -2.41. The fourth-order valence-corrected chi connectivity index (χ4v) is 4.40. The zero-order valence-corrected chi connectivity index (χ0v) is 16.3. The first kappa shape index (κ1) is 20.2. The lowest BCUT2D eigenvalue weighted by molar-refractivity contribution is -0.136. The van der Waals surface area contributed by atoms with Gasteiger partial charge in [0.1, 0.15) is 18.1 Å². The van der Waals surface area contributed by atoms with Crippen LogP contribution in [0.4, 0.5) is 13.2 Å². The molecule has 2 atom stereocenters. The Morgan fingerprint density at radius 3 is 2.69 bits per heavy atom. The molecule has 1 aromatic heterocycles. The quantitative estimate of drug-likeness (QED) is 0.808. The Morgan fingerprint density at radius 2 is 2.07 bits per heavy atom. The third-order valence-corrected chi connectivity index (χ3v) is 5.67. The summed E-state index contributed by atoms with van der Waals surface area (Å²) < 4.78 is 48.5. The number of benzene rings is 1. The Balaban J connectivity index is 1.61. The molecule has 4 rings (SSSR count). The van der Waals surface area contributed by atoms with Gasteiger partial charge in [0.2, 0.25) is 0 Å². The molecule has 6 nitrogen and oxygen atoms in total. The van der Waals surface area contributed by atoms with Crippen molar-refractivity contribution in [1.82, 2.24) is 14.9 Å². The summed E-state index contributed by atoms with van der Waals surface area (Å²) in [4.78, 5) is 15.9. The van der Waals surface area contributed by atoms with Crippen molar-refractivity contribution >= 4 is 16.8 Å². The molecule has 158 valence electrons. The number of halogens is 3. The van der Waals surface area contributed by atoms with Crippen molar-refractivity contribution in [3.63, 3.8) is 0 Å². The molecule has 29 heavy (non-hydrogen) atoms. The number of Topliss-reactive ketones (excluding diaryl/α,β-unsaturated/α-hetero) is 1. The first-order chi connectivity index (χ1) is 13.5. The molecular weight excluding hydrogens is 387 g/mol. The van der Waals surface area contributed by atoms with E-state index in [1.807, 2.05) is 6.92 Å². The van der Waals surface area contributed by atoms with Gasteiger partial charge in [0.25, 0.3) is 0 Å². The molecule has 0 unspecified atom stereocenters. The maximum absolute atomic E-state index is 13.8. The van der Waals surface area contributed by atoms with E-state index in [2.05, 4.69) is 10.3 Å². The first-order valence-electron chi connectivity index (χ1n) is 9.72. The molecule has 0 bridgehead atoms. The van der Waals surface area contributed by atoms with Gasteiger partial charge in [-0.15, -0.1) is 0 Å². The molecule has 1 aromatic carbocycles. The van der Waals surface area contributed by atoms with E-state index in [1.54, 1.807) is 6.92 Å². The molecule has 1 aliphatic carbocycles. The van der Waals surface area contributed by atoms with Crippen molar-refractivity contribution in [3.8, 4) is 5.75 Å². The minimum atomic E-state index is -4.57. The topological polar surface area (TPSA) is 76.4 Å². The van der Waals surface area contributed by atoms with Crippen molar-refractivity contribution in [2.24, 2.45) is 0 Å². The molecule has 1 aliphatic heterocycles. The number of nitrogens with one attached hydrogen (secondary N) is 1. The molecule has 0 spiro atoms. The van der Waals surface area contributed by atoms with Crippen molar-refractivity contribution < 1.29 is 27.8 Å². The minimum absolute atomic E-state index is 0.00458. The highest BCUT2D eigenvalue weighted by Gasteiger charge is 2.42. The highest BCUT2D eigenvalue weighted by Crippen LogP contribution is 2.45. The van der Waals surface area contributed by atoms with E-state index in [9.17, 15) is 23.1 Å². The summed E-state index contributed by atoms with van der Waals surface area (Å²) in [6, 6.07) is 2.05. The molecule has 1 saturated heterocycles. The van der Waals surface area contributed by atoms with Crippen LogP contribution < -0.4 is 10.1 Å². The predicted octanol–water partition coefficient (Wildman–Crippen LogP) is 3.23. The van der Waals surface area contributed by atoms with E-state index >= 15 is 0 Å². The van der Waals surface area contributed by atoms with Crippen molar-refractivity contribution in [1.29, 1.82) is 0 Å². The third-order valence-electron chi connectivity index (χ3n) is 5.67. The second-order valence-electron chi connectivity index (χ2n) is 8.57. The zero-order chi connectivity index (χ0) is 21.0. The summed E-state index contributed by atoms with van der Waals surface area (Å²) in [5, 5.41) is 13.2. The molecule has 0 amide bonds. The van der Waals surface area contributed by atoms with Crippen LogP contribution in [-0.4, -0.2) is 44.7 Å². The van der Waals surface area contributed by atoms with Crippen LogP contribution in [0.25, 0.3) is 11.0 Å². The molecule has 2 heterocycles. The molecular formula is C20H24F3N3O3. The normalized spacial score (nSPS) is 30.4. The van der Waals surface area contributed by atoms with Gasteiger partial charge in [0, 0.05) is 37.0 Å². The number of hydrogen-bond donors (Lipinski definition) is 2. The zero-order valence-electron chi connectivity index (χ0n) is 16.3. The van der Waals surface area contributed by atoms with Crippen LogP contribution in [0.5, 0.6) is 5.75 Å². The maximum Gasteiger partial charge on any atom is 0.418 e. The molecule has 2 aliphatic rings. The summed E-state index contributed by atoms with van der Waals surface area (Å²) in [5.74, 6) is 0.189. The standard InChI is InChI=1S/C20H24F3N3O3/c1-11-3-14(27)4-12(25-11)9-29-15-5-16(20(21,22)23)18-17(6-15)24-10-26(18)13-7-19(2,28)8-13/h5-6,10-13,25,28H,3-4,7-9H2,1-2H3/t11-,12-,13?,19?/m0/s1. The lowest BCUT2D eigenvalue weighted by atomic mass is 9.77. The second kappa shape index (κ2) is 6.98. The van der Waals surface area contributed by atoms with Gasteiger partial charge in [-0.1, -0.05) is 0 Å². The largest absolute Gasteiger partial charge is 0.492 e. The molecule has 2 fully saturated rings. The van der Waals surface area contributed by atoms with Crippen LogP contribution in [0.15, 0.2) is 18.5 Å². The number of hydrogen-bond acceptors (Lipinski definition) is 5. The van der Waals surface area contributed by atoms with Crippen molar-refractivity contribution in [2.75, 3.05) is 6.61 Å². The van der Waals surface area contributed by atoms with E-state index in [-0.39, 0.29) is 47.3 Å². The summed E-state index contributed by atoms with van der Waals surface area (Å²) >= 11 is 0. The number of rotatable bonds is 4. The Morgan fingerprint density at radius 1 is 1.34 bits per heavy atom. The fourth-order valence-electron chi connectivity index (χ4n) is 4.40. The van der Waals surface area contributed by atoms with Crippen molar-refractivity contribution in [3.05, 3.63) is 24.0 Å². The second-order valence-corrected chi connectivity index (χ2v) is 8.57. The summed E-state index contributed by atoms with van der Waals surface area (Å²) in [6.45, 7) is 3.66. The average Bonchev–Trinajstić information content (AvgIpc) is 2.99. The van der Waals surface area contributed by atoms with Gasteiger partial charge in [-0.2, -0.15) is 13.2 Å². The first-order valence-corrected chi connectivity index (χ1v) is 9.72. The number of aromatic nitrogens is 2. The molecule has 0 radical (unpaired) electrons. The van der Waals surface area contributed by atoms with E-state index in [4.69, 9.17) is 4.74 Å². The monoisotopic (exact) mass is 411 g/mol. The van der Waals surface area contributed by atoms with E-state index < -0.39 is 17.3 Å². The van der Waals surface area contributed by atoms with Crippen LogP contribution in [0, 0.1) is 0 Å². The highest BCUT2D eigenvalue weighted by atomic mass is 19.4. The van der Waals surface area contributed by atoms with Gasteiger partial charge in [-0.25, -0.2) is 4.98 Å².